The van der Waals surface area contributed by atoms with Gasteiger partial charge in [-0.25, -0.2) is 8.78 Å². The lowest BCUT2D eigenvalue weighted by Crippen LogP contribution is -2.52. The number of carbonyl (C=O) groups is 1. The van der Waals surface area contributed by atoms with E-state index in [-0.39, 0.29) is 26.6 Å². The molecule has 39 heavy (non-hydrogen) atoms. The standard InChI is InChI=1S/C29H30BrCl2F2N3O2/c1-28(2,3)14-23-29(35,18-10-9-16(31)13-20(18)33)24(17-6-5-7-19(32)25(17)34)26(37-23)27(38)36-21-11-8-15(30)12-22(21)39-4/h5-13,23-24,26,37H,14,35H2,1-4H3,(H,36,38)/t23-,24-,26+,29+/m0/s1. The second-order valence-electron chi connectivity index (χ2n) is 11.0. The lowest BCUT2D eigenvalue weighted by Gasteiger charge is -2.40. The molecule has 0 saturated carbocycles. The van der Waals surface area contributed by atoms with Crippen LogP contribution in [0.3, 0.4) is 0 Å². The molecule has 0 aliphatic carbocycles. The fourth-order valence-corrected chi connectivity index (χ4v) is 6.06. The summed E-state index contributed by atoms with van der Waals surface area (Å²) < 4.78 is 37.5. The first kappa shape index (κ1) is 29.7. The molecule has 0 bridgehead atoms. The Hall–Kier alpha value is -2.23. The Morgan fingerprint density at radius 2 is 1.87 bits per heavy atom. The molecule has 1 heterocycles. The van der Waals surface area contributed by atoms with Crippen molar-refractivity contribution in [3.63, 3.8) is 0 Å². The van der Waals surface area contributed by atoms with Gasteiger partial charge in [-0.1, -0.05) is 78.1 Å². The predicted octanol–water partition coefficient (Wildman–Crippen LogP) is 7.40. The van der Waals surface area contributed by atoms with Crippen LogP contribution in [0.1, 0.15) is 44.2 Å². The van der Waals surface area contributed by atoms with Crippen LogP contribution in [0.2, 0.25) is 10.0 Å². The largest absolute Gasteiger partial charge is 0.495 e. The highest BCUT2D eigenvalue weighted by molar-refractivity contribution is 9.10. The predicted molar refractivity (Wildman–Crippen MR) is 156 cm³/mol. The highest BCUT2D eigenvalue weighted by Crippen LogP contribution is 2.50. The molecule has 0 aromatic heterocycles. The lowest BCUT2D eigenvalue weighted by molar-refractivity contribution is -0.118. The van der Waals surface area contributed by atoms with Crippen LogP contribution >= 0.6 is 39.1 Å². The molecule has 0 unspecified atom stereocenters. The Morgan fingerprint density at radius 1 is 1.15 bits per heavy atom. The first-order chi connectivity index (χ1) is 18.3. The van der Waals surface area contributed by atoms with Crippen LogP contribution in [-0.2, 0) is 10.3 Å². The SMILES string of the molecule is COc1cc(Br)ccc1NC(=O)[C@@H]1N[C@@H](CC(C)(C)C)[C@](N)(c2ccc(Cl)cc2F)[C@H]1c1cccc(Cl)c1F. The highest BCUT2D eigenvalue weighted by atomic mass is 79.9. The number of methoxy groups -OCH3 is 1. The monoisotopic (exact) mass is 639 g/mol. The van der Waals surface area contributed by atoms with Crippen LogP contribution in [0.15, 0.2) is 59.1 Å². The molecule has 1 amide bonds. The molecule has 10 heteroatoms. The fraction of sp³-hybridized carbons (Fsp3) is 0.345. The topological polar surface area (TPSA) is 76.4 Å². The van der Waals surface area contributed by atoms with Gasteiger partial charge in [-0.3, -0.25) is 4.79 Å². The fourth-order valence-electron chi connectivity index (χ4n) is 5.38. The van der Waals surface area contributed by atoms with Crippen LogP contribution in [0.25, 0.3) is 0 Å². The molecular weight excluding hydrogens is 611 g/mol. The maximum absolute atomic E-state index is 15.7. The number of ether oxygens (including phenoxy) is 1. The van der Waals surface area contributed by atoms with Crippen LogP contribution in [0.5, 0.6) is 5.75 Å². The summed E-state index contributed by atoms with van der Waals surface area (Å²) >= 11 is 15.6. The van der Waals surface area contributed by atoms with Gasteiger partial charge in [0, 0.05) is 27.0 Å². The van der Waals surface area contributed by atoms with Gasteiger partial charge in [0.1, 0.15) is 17.4 Å². The third kappa shape index (κ3) is 5.95. The molecule has 1 fully saturated rings. The van der Waals surface area contributed by atoms with Gasteiger partial charge in [-0.15, -0.1) is 0 Å². The van der Waals surface area contributed by atoms with Gasteiger partial charge in [0.05, 0.1) is 29.4 Å². The summed E-state index contributed by atoms with van der Waals surface area (Å²) in [6, 6.07) is 12.2. The number of amides is 1. The van der Waals surface area contributed by atoms with Crippen LogP contribution in [0, 0.1) is 17.0 Å². The zero-order chi connectivity index (χ0) is 28.7. The quantitative estimate of drug-likeness (QED) is 0.263. The summed E-state index contributed by atoms with van der Waals surface area (Å²) in [5.41, 5.74) is 6.02. The van der Waals surface area contributed by atoms with Gasteiger partial charge >= 0.3 is 0 Å². The number of nitrogens with one attached hydrogen (secondary N) is 2. The maximum atomic E-state index is 15.7. The zero-order valence-electron chi connectivity index (χ0n) is 21.9. The van der Waals surface area contributed by atoms with Crippen LogP contribution in [-0.4, -0.2) is 25.1 Å². The van der Waals surface area contributed by atoms with Crippen molar-refractivity contribution in [2.45, 2.75) is 50.7 Å². The normalized spacial score (nSPS) is 23.1. The molecule has 1 saturated heterocycles. The van der Waals surface area contributed by atoms with Gasteiger partial charge in [0.15, 0.2) is 0 Å². The molecule has 0 spiro atoms. The Balaban J connectivity index is 1.91. The third-order valence-corrected chi connectivity index (χ3v) is 8.06. The Labute approximate surface area is 245 Å². The number of hydrogen-bond acceptors (Lipinski definition) is 4. The molecule has 1 aliphatic rings. The molecule has 208 valence electrons. The number of nitrogens with two attached hydrogens (primary N) is 1. The average molecular weight is 641 g/mol. The smallest absolute Gasteiger partial charge is 0.242 e. The molecule has 4 N–H and O–H groups in total. The number of halogens is 5. The Bertz CT molecular complexity index is 1400. The zero-order valence-corrected chi connectivity index (χ0v) is 25.0. The number of carbonyl (C=O) groups excluding carboxylic acids is 1. The Kier molecular flexibility index (Phi) is 8.64. The van der Waals surface area contributed by atoms with Crippen LogP contribution in [0.4, 0.5) is 14.5 Å². The van der Waals surface area contributed by atoms with Gasteiger partial charge < -0.3 is 21.1 Å². The van der Waals surface area contributed by atoms with Crippen molar-refractivity contribution >= 4 is 50.7 Å². The molecule has 5 nitrogen and oxygen atoms in total. The molecule has 3 aromatic carbocycles. The first-order valence-electron chi connectivity index (χ1n) is 12.3. The second kappa shape index (κ2) is 11.3. The summed E-state index contributed by atoms with van der Waals surface area (Å²) in [4.78, 5) is 14.0. The number of benzene rings is 3. The highest BCUT2D eigenvalue weighted by Gasteiger charge is 2.58. The summed E-state index contributed by atoms with van der Waals surface area (Å²) in [5.74, 6) is -2.46. The number of rotatable bonds is 6. The van der Waals surface area contributed by atoms with E-state index in [1.165, 1.54) is 37.4 Å². The van der Waals surface area contributed by atoms with Gasteiger partial charge in [0.25, 0.3) is 0 Å². The van der Waals surface area contributed by atoms with Crippen molar-refractivity contribution < 1.29 is 18.3 Å². The first-order valence-corrected chi connectivity index (χ1v) is 13.9. The van der Waals surface area contributed by atoms with E-state index in [2.05, 4.69) is 26.6 Å². The molecule has 3 aromatic rings. The van der Waals surface area contributed by atoms with E-state index in [1.807, 2.05) is 20.8 Å². The van der Waals surface area contributed by atoms with Crippen molar-refractivity contribution in [2.24, 2.45) is 11.1 Å². The van der Waals surface area contributed by atoms with E-state index in [1.54, 1.807) is 24.3 Å². The minimum absolute atomic E-state index is 0.103. The van der Waals surface area contributed by atoms with Crippen LogP contribution < -0.4 is 21.1 Å². The maximum Gasteiger partial charge on any atom is 0.242 e. The van der Waals surface area contributed by atoms with Crippen molar-refractivity contribution in [3.8, 4) is 5.75 Å². The van der Waals surface area contributed by atoms with Gasteiger partial charge in [-0.2, -0.15) is 0 Å². The average Bonchev–Trinajstić information content (AvgIpc) is 3.13. The van der Waals surface area contributed by atoms with E-state index in [4.69, 9.17) is 33.7 Å². The minimum Gasteiger partial charge on any atom is -0.495 e. The van der Waals surface area contributed by atoms with Crippen molar-refractivity contribution in [2.75, 3.05) is 12.4 Å². The molecule has 0 radical (unpaired) electrons. The van der Waals surface area contributed by atoms with Crippen molar-refractivity contribution in [1.29, 1.82) is 0 Å². The van der Waals surface area contributed by atoms with Gasteiger partial charge in [-0.05, 0) is 53.8 Å². The Morgan fingerprint density at radius 3 is 2.51 bits per heavy atom. The second-order valence-corrected chi connectivity index (χ2v) is 12.7. The van der Waals surface area contributed by atoms with E-state index in [0.29, 0.717) is 17.9 Å². The molecule has 1 aliphatic heterocycles. The van der Waals surface area contributed by atoms with E-state index in [9.17, 15) is 4.79 Å². The van der Waals surface area contributed by atoms with Crippen molar-refractivity contribution in [1.82, 2.24) is 5.32 Å². The van der Waals surface area contributed by atoms with E-state index < -0.39 is 41.1 Å². The molecule has 4 rings (SSSR count). The summed E-state index contributed by atoms with van der Waals surface area (Å²) in [6.07, 6.45) is 0.454. The number of anilines is 1. The van der Waals surface area contributed by atoms with E-state index in [0.717, 1.165) is 4.47 Å². The third-order valence-electron chi connectivity index (χ3n) is 7.04. The van der Waals surface area contributed by atoms with E-state index >= 15 is 8.78 Å². The minimum atomic E-state index is -1.56. The molecule has 4 atom stereocenters. The summed E-state index contributed by atoms with van der Waals surface area (Å²) in [7, 11) is 1.49. The molecular formula is C29H30BrCl2F2N3O2. The lowest BCUT2D eigenvalue weighted by atomic mass is 9.68. The van der Waals surface area contributed by atoms with Gasteiger partial charge in [0.2, 0.25) is 5.91 Å². The number of hydrogen-bond donors (Lipinski definition) is 3. The summed E-state index contributed by atoms with van der Waals surface area (Å²) in [6.45, 7) is 6.05. The van der Waals surface area contributed by atoms with Crippen molar-refractivity contribution in [3.05, 3.63) is 91.9 Å². The summed E-state index contributed by atoms with van der Waals surface area (Å²) in [5, 5.41) is 6.30.